The molecule has 7 nitrogen and oxygen atoms in total. The van der Waals surface area contributed by atoms with Crippen molar-refractivity contribution in [3.8, 4) is 0 Å². The number of nitrogens with zero attached hydrogens (tertiary/aromatic N) is 4. The average molecular weight is 382 g/mol. The number of pyridine rings is 1. The number of amidine groups is 1. The van der Waals surface area contributed by atoms with Gasteiger partial charge in [0, 0.05) is 23.6 Å². The molecule has 0 radical (unpaired) electrons. The minimum absolute atomic E-state index is 0.0430. The van der Waals surface area contributed by atoms with Gasteiger partial charge in [0.15, 0.2) is 11.7 Å². The van der Waals surface area contributed by atoms with Gasteiger partial charge in [-0.2, -0.15) is 0 Å². The Labute approximate surface area is 159 Å². The van der Waals surface area contributed by atoms with Gasteiger partial charge >= 0.3 is 0 Å². The highest BCUT2D eigenvalue weighted by atomic mass is 19.1. The van der Waals surface area contributed by atoms with Crippen LogP contribution in [-0.2, 0) is 12.1 Å². The minimum Gasteiger partial charge on any atom is -0.381 e. The number of anilines is 1. The van der Waals surface area contributed by atoms with Gasteiger partial charge < -0.3 is 15.6 Å². The lowest BCUT2D eigenvalue weighted by atomic mass is 9.90. The summed E-state index contributed by atoms with van der Waals surface area (Å²) in [4.78, 5) is 24.6. The Balaban J connectivity index is 1.65. The average Bonchev–Trinajstić information content (AvgIpc) is 3.12. The van der Waals surface area contributed by atoms with E-state index in [1.54, 1.807) is 23.9 Å². The van der Waals surface area contributed by atoms with Gasteiger partial charge in [0.05, 0.1) is 12.7 Å². The van der Waals surface area contributed by atoms with Crippen LogP contribution in [0.15, 0.2) is 53.9 Å². The molecule has 9 heteroatoms. The minimum atomic E-state index is -0.975. The molecule has 0 aliphatic carbocycles. The number of aromatic nitrogens is 3. The number of nitrogens with one attached hydrogen (secondary N) is 1. The first-order chi connectivity index (χ1) is 13.4. The largest absolute Gasteiger partial charge is 0.381 e. The molecule has 3 heterocycles. The van der Waals surface area contributed by atoms with E-state index in [1.165, 1.54) is 24.3 Å². The third-order valence-corrected chi connectivity index (χ3v) is 4.55. The zero-order chi connectivity index (χ0) is 19.9. The number of benzene rings is 1. The van der Waals surface area contributed by atoms with Crippen LogP contribution in [0.1, 0.15) is 28.8 Å². The Morgan fingerprint density at radius 2 is 2.07 bits per heavy atom. The summed E-state index contributed by atoms with van der Waals surface area (Å²) in [6.07, 6.45) is 4.30. The first kappa shape index (κ1) is 17.8. The number of carbonyl (C=O) groups is 1. The Bertz CT molecular complexity index is 1090. The number of carbonyl (C=O) groups excluding carboxylic acids is 1. The van der Waals surface area contributed by atoms with Crippen LogP contribution in [0.4, 0.5) is 14.5 Å². The normalized spacial score (nSPS) is 18.3. The van der Waals surface area contributed by atoms with E-state index in [-0.39, 0.29) is 17.1 Å². The molecule has 0 fully saturated rings. The topological polar surface area (TPSA) is 98.2 Å². The van der Waals surface area contributed by atoms with Gasteiger partial charge in [-0.05, 0) is 37.3 Å². The second-order valence-electron chi connectivity index (χ2n) is 6.66. The van der Waals surface area contributed by atoms with Crippen molar-refractivity contribution in [2.45, 2.75) is 19.0 Å². The third kappa shape index (κ3) is 3.11. The van der Waals surface area contributed by atoms with E-state index in [9.17, 15) is 13.6 Å². The van der Waals surface area contributed by atoms with Crippen molar-refractivity contribution in [3.63, 3.8) is 0 Å². The van der Waals surface area contributed by atoms with Gasteiger partial charge in [-0.15, -0.1) is 0 Å². The second kappa shape index (κ2) is 6.52. The summed E-state index contributed by atoms with van der Waals surface area (Å²) in [5.74, 6) is -0.806. The molecular weight excluding hydrogens is 366 g/mol. The van der Waals surface area contributed by atoms with Crippen molar-refractivity contribution in [2.75, 3.05) is 5.32 Å². The molecule has 0 bridgehead atoms. The number of fused-ring (bicyclic) bond motifs is 1. The van der Waals surface area contributed by atoms with Crippen LogP contribution in [0, 0.1) is 11.6 Å². The first-order valence-electron chi connectivity index (χ1n) is 8.45. The molecule has 3 aromatic rings. The predicted octanol–water partition coefficient (Wildman–Crippen LogP) is 2.44. The summed E-state index contributed by atoms with van der Waals surface area (Å²) >= 11 is 0. The van der Waals surface area contributed by atoms with Gasteiger partial charge in [-0.25, -0.2) is 18.7 Å². The van der Waals surface area contributed by atoms with Gasteiger partial charge in [-0.1, -0.05) is 0 Å². The van der Waals surface area contributed by atoms with Crippen molar-refractivity contribution in [1.82, 2.24) is 14.5 Å². The summed E-state index contributed by atoms with van der Waals surface area (Å²) in [6, 6.07) is 6.60. The fourth-order valence-corrected chi connectivity index (χ4v) is 3.22. The molecule has 1 aromatic carbocycles. The Morgan fingerprint density at radius 1 is 1.25 bits per heavy atom. The highest BCUT2D eigenvalue weighted by molar-refractivity contribution is 6.02. The van der Waals surface area contributed by atoms with E-state index < -0.39 is 23.1 Å². The monoisotopic (exact) mass is 382 g/mol. The van der Waals surface area contributed by atoms with Crippen LogP contribution in [0.3, 0.4) is 0 Å². The number of amides is 1. The highest BCUT2D eigenvalue weighted by Crippen LogP contribution is 2.34. The number of aliphatic imine (C=N–C) groups is 1. The van der Waals surface area contributed by atoms with Gasteiger partial charge in [0.25, 0.3) is 5.91 Å². The second-order valence-corrected chi connectivity index (χ2v) is 6.66. The molecule has 1 aliphatic rings. The number of nitrogens with two attached hydrogens (primary N) is 1. The van der Waals surface area contributed by atoms with Crippen LogP contribution in [0.5, 0.6) is 0 Å². The smallest absolute Gasteiger partial charge is 0.274 e. The molecule has 0 saturated carbocycles. The fourth-order valence-electron chi connectivity index (χ4n) is 3.22. The molecule has 0 saturated heterocycles. The highest BCUT2D eigenvalue weighted by Gasteiger charge is 2.35. The van der Waals surface area contributed by atoms with Crippen molar-refractivity contribution in [3.05, 3.63) is 77.6 Å². The lowest BCUT2D eigenvalue weighted by Crippen LogP contribution is -2.37. The van der Waals surface area contributed by atoms with Crippen LogP contribution in [0.25, 0.3) is 0 Å². The summed E-state index contributed by atoms with van der Waals surface area (Å²) < 4.78 is 29.4. The number of rotatable bonds is 3. The molecule has 1 amide bonds. The van der Waals surface area contributed by atoms with E-state index in [2.05, 4.69) is 20.3 Å². The summed E-state index contributed by atoms with van der Waals surface area (Å²) in [5, 5.41) is 2.64. The van der Waals surface area contributed by atoms with Gasteiger partial charge in [0.1, 0.15) is 22.9 Å². The number of hydrogen-bond acceptors (Lipinski definition) is 5. The molecule has 1 atom stereocenters. The molecule has 3 N–H and O–H groups in total. The quantitative estimate of drug-likeness (QED) is 0.727. The SMILES string of the molecule is CC1(c2cc(NC(=O)c3ccc(F)cn3)ccc2F)Cn2ccnc2C(N)=N1. The molecule has 142 valence electrons. The van der Waals surface area contributed by atoms with E-state index in [0.717, 1.165) is 12.3 Å². The van der Waals surface area contributed by atoms with Crippen LogP contribution in [0.2, 0.25) is 0 Å². The molecule has 2 aromatic heterocycles. The molecule has 4 rings (SSSR count). The van der Waals surface area contributed by atoms with E-state index in [1.807, 2.05) is 0 Å². The standard InChI is InChI=1S/C19H16F2N6O/c1-19(10-27-7-6-23-17(27)16(22)26-19)13-8-12(3-4-14(13)21)25-18(28)15-5-2-11(20)9-24-15/h2-9H,10H2,1H3,(H2,22,26)(H,25,28). The fraction of sp³-hybridized carbons (Fsp3) is 0.158. The summed E-state index contributed by atoms with van der Waals surface area (Å²) in [7, 11) is 0. The Morgan fingerprint density at radius 3 is 2.82 bits per heavy atom. The molecular formula is C19H16F2N6O. The Kier molecular flexibility index (Phi) is 4.14. The zero-order valence-electron chi connectivity index (χ0n) is 14.9. The van der Waals surface area contributed by atoms with E-state index >= 15 is 0 Å². The molecule has 1 unspecified atom stereocenters. The van der Waals surface area contributed by atoms with Gasteiger partial charge in [0.2, 0.25) is 0 Å². The lowest BCUT2D eigenvalue weighted by Gasteiger charge is -2.31. The molecule has 0 spiro atoms. The third-order valence-electron chi connectivity index (χ3n) is 4.55. The number of halogens is 2. The maximum Gasteiger partial charge on any atom is 0.274 e. The first-order valence-corrected chi connectivity index (χ1v) is 8.45. The summed E-state index contributed by atoms with van der Waals surface area (Å²) in [5.41, 5.74) is 5.70. The molecule has 1 aliphatic heterocycles. The Hall–Kier alpha value is -3.62. The molecule has 28 heavy (non-hydrogen) atoms. The van der Waals surface area contributed by atoms with Crippen LogP contribution >= 0.6 is 0 Å². The van der Waals surface area contributed by atoms with Crippen molar-refractivity contribution < 1.29 is 13.6 Å². The lowest BCUT2D eigenvalue weighted by molar-refractivity contribution is 0.102. The van der Waals surface area contributed by atoms with Crippen molar-refractivity contribution in [2.24, 2.45) is 10.7 Å². The van der Waals surface area contributed by atoms with Crippen molar-refractivity contribution >= 4 is 17.4 Å². The number of imidazole rings is 1. The van der Waals surface area contributed by atoms with E-state index in [0.29, 0.717) is 18.1 Å². The van der Waals surface area contributed by atoms with Crippen LogP contribution < -0.4 is 11.1 Å². The van der Waals surface area contributed by atoms with Crippen LogP contribution in [-0.4, -0.2) is 26.3 Å². The van der Waals surface area contributed by atoms with Crippen molar-refractivity contribution in [1.29, 1.82) is 0 Å². The van der Waals surface area contributed by atoms with Gasteiger partial charge in [-0.3, -0.25) is 9.79 Å². The maximum atomic E-state index is 14.6. The zero-order valence-corrected chi connectivity index (χ0v) is 14.9. The maximum absolute atomic E-state index is 14.6. The van der Waals surface area contributed by atoms with E-state index in [4.69, 9.17) is 5.73 Å². The summed E-state index contributed by atoms with van der Waals surface area (Å²) in [6.45, 7) is 2.10. The predicted molar refractivity (Wildman–Crippen MR) is 98.9 cm³/mol. The number of hydrogen-bond donors (Lipinski definition) is 2.